The number of benzene rings is 2. The van der Waals surface area contributed by atoms with Gasteiger partial charge in [-0.15, -0.1) is 0 Å². The molecule has 2 aromatic heterocycles. The number of ether oxygens (including phenoxy) is 1. The fourth-order valence-corrected chi connectivity index (χ4v) is 6.04. The monoisotopic (exact) mass is 630 g/mol. The Bertz CT molecular complexity index is 1790. The average Bonchev–Trinajstić information content (AvgIpc) is 2.98. The Kier molecular flexibility index (Phi) is 8.76. The summed E-state index contributed by atoms with van der Waals surface area (Å²) in [5, 5.41) is 13.5. The van der Waals surface area contributed by atoms with Crippen molar-refractivity contribution in [2.75, 3.05) is 28.9 Å². The second-order valence-corrected chi connectivity index (χ2v) is 12.2. The van der Waals surface area contributed by atoms with Crippen molar-refractivity contribution < 1.29 is 36.2 Å². The molecule has 5 rings (SSSR count). The molecule has 0 bridgehead atoms. The largest absolute Gasteiger partial charge is 0.465 e. The van der Waals surface area contributed by atoms with Crippen LogP contribution in [0.25, 0.3) is 22.0 Å². The van der Waals surface area contributed by atoms with E-state index in [2.05, 4.69) is 25.0 Å². The molecule has 1 aliphatic rings. The van der Waals surface area contributed by atoms with Gasteiger partial charge in [-0.2, -0.15) is 13.2 Å². The number of aromatic nitrogens is 3. The first kappa shape index (κ1) is 30.8. The first-order chi connectivity index (χ1) is 20.9. The molecule has 0 radical (unpaired) electrons. The summed E-state index contributed by atoms with van der Waals surface area (Å²) in [6.45, 7) is 2.59. The summed E-state index contributed by atoms with van der Waals surface area (Å²) < 4.78 is 71.4. The zero-order valence-corrected chi connectivity index (χ0v) is 24.3. The number of nitrogens with one attached hydrogen (secondary N) is 2. The zero-order chi connectivity index (χ0) is 31.5. The molecule has 3 N–H and O–H groups in total. The molecule has 1 fully saturated rings. The zero-order valence-electron chi connectivity index (χ0n) is 23.5. The summed E-state index contributed by atoms with van der Waals surface area (Å²) in [5.41, 5.74) is 1.85. The Morgan fingerprint density at radius 2 is 1.91 bits per heavy atom. The maximum Gasteiger partial charge on any atom is 0.407 e. The highest BCUT2D eigenvalue weighted by molar-refractivity contribution is 7.92. The summed E-state index contributed by atoms with van der Waals surface area (Å²) in [7, 11) is -4.28. The molecule has 1 atom stereocenters. The van der Waals surface area contributed by atoms with Gasteiger partial charge in [0.25, 0.3) is 0 Å². The molecule has 0 saturated carbocycles. The van der Waals surface area contributed by atoms with Gasteiger partial charge in [0.05, 0.1) is 29.1 Å². The van der Waals surface area contributed by atoms with Crippen LogP contribution in [-0.4, -0.2) is 70.5 Å². The highest BCUT2D eigenvalue weighted by atomic mass is 32.2. The number of anilines is 2. The summed E-state index contributed by atoms with van der Waals surface area (Å²) in [6, 6.07) is 13.1. The van der Waals surface area contributed by atoms with E-state index in [1.165, 1.54) is 11.0 Å². The molecule has 4 aromatic rings. The van der Waals surface area contributed by atoms with Crippen LogP contribution in [0.3, 0.4) is 0 Å². The number of rotatable bonds is 9. The van der Waals surface area contributed by atoms with E-state index in [0.29, 0.717) is 58.8 Å². The number of alkyl halides is 3. The van der Waals surface area contributed by atoms with E-state index in [1.807, 2.05) is 0 Å². The number of nitrogens with zero attached hydrogens (tertiary/aromatic N) is 4. The first-order valence-electron chi connectivity index (χ1n) is 13.7. The number of aryl methyl sites for hydroxylation is 1. The van der Waals surface area contributed by atoms with Gasteiger partial charge >= 0.3 is 12.3 Å². The molecule has 2 aromatic carbocycles. The summed E-state index contributed by atoms with van der Waals surface area (Å²) in [4.78, 5) is 26.1. The fourth-order valence-electron chi connectivity index (χ4n) is 4.93. The minimum absolute atomic E-state index is 0.117. The number of carbonyl (C=O) groups is 1. The molecular formula is C29H29F3N6O5S. The number of sulfonamides is 1. The average molecular weight is 631 g/mol. The second-order valence-electron chi connectivity index (χ2n) is 10.3. The van der Waals surface area contributed by atoms with Crippen LogP contribution in [0.15, 0.2) is 60.9 Å². The lowest BCUT2D eigenvalue weighted by Gasteiger charge is -2.31. The number of fused-ring (bicyclic) bond motifs is 1. The lowest BCUT2D eigenvalue weighted by atomic mass is 10.0. The van der Waals surface area contributed by atoms with Crippen LogP contribution in [0.4, 0.5) is 29.6 Å². The number of hydrogen-bond donors (Lipinski definition) is 3. The Morgan fingerprint density at radius 3 is 2.68 bits per heavy atom. The minimum Gasteiger partial charge on any atom is -0.465 e. The maximum atomic E-state index is 12.7. The smallest absolute Gasteiger partial charge is 0.407 e. The van der Waals surface area contributed by atoms with Crippen molar-refractivity contribution in [3.63, 3.8) is 0 Å². The lowest BCUT2D eigenvalue weighted by Crippen LogP contribution is -2.44. The van der Waals surface area contributed by atoms with Crippen molar-refractivity contribution >= 4 is 38.5 Å². The third-order valence-corrected chi connectivity index (χ3v) is 8.33. The molecule has 1 amide bonds. The topological polar surface area (TPSA) is 147 Å². The van der Waals surface area contributed by atoms with E-state index in [0.717, 1.165) is 6.42 Å². The Morgan fingerprint density at radius 1 is 1.09 bits per heavy atom. The van der Waals surface area contributed by atoms with E-state index in [-0.39, 0.29) is 17.6 Å². The predicted octanol–water partition coefficient (Wildman–Crippen LogP) is 6.04. The van der Waals surface area contributed by atoms with Crippen LogP contribution >= 0.6 is 0 Å². The molecule has 11 nitrogen and oxygen atoms in total. The number of piperidine rings is 1. The van der Waals surface area contributed by atoms with Gasteiger partial charge < -0.3 is 20.1 Å². The normalized spacial score (nSPS) is 15.6. The Labute approximate surface area is 251 Å². The number of halogens is 3. The lowest BCUT2D eigenvalue weighted by molar-refractivity contribution is -0.129. The van der Waals surface area contributed by atoms with Crippen LogP contribution in [0.1, 0.15) is 24.8 Å². The number of amides is 1. The van der Waals surface area contributed by atoms with E-state index in [4.69, 9.17) is 4.74 Å². The summed E-state index contributed by atoms with van der Waals surface area (Å²) in [5.74, 6) is -0.201. The third-order valence-electron chi connectivity index (χ3n) is 7.06. The van der Waals surface area contributed by atoms with Crippen molar-refractivity contribution in [3.05, 3.63) is 66.5 Å². The molecule has 44 heavy (non-hydrogen) atoms. The van der Waals surface area contributed by atoms with Gasteiger partial charge in [0.1, 0.15) is 5.75 Å². The fraction of sp³-hybridized carbons (Fsp3) is 0.310. The highest BCUT2D eigenvalue weighted by Gasteiger charge is 2.30. The molecule has 232 valence electrons. The van der Waals surface area contributed by atoms with Crippen LogP contribution < -0.4 is 14.8 Å². The maximum absolute atomic E-state index is 12.7. The van der Waals surface area contributed by atoms with Crippen molar-refractivity contribution in [2.24, 2.45) is 0 Å². The van der Waals surface area contributed by atoms with Crippen LogP contribution in [0.5, 0.6) is 11.6 Å². The quantitative estimate of drug-likeness (QED) is 0.201. The molecular weight excluding hydrogens is 601 g/mol. The van der Waals surface area contributed by atoms with Crippen molar-refractivity contribution in [3.8, 4) is 22.9 Å². The van der Waals surface area contributed by atoms with Crippen molar-refractivity contribution in [1.29, 1.82) is 0 Å². The van der Waals surface area contributed by atoms with Gasteiger partial charge in [-0.25, -0.2) is 28.2 Å². The van der Waals surface area contributed by atoms with Crippen molar-refractivity contribution in [1.82, 2.24) is 19.9 Å². The summed E-state index contributed by atoms with van der Waals surface area (Å²) >= 11 is 0. The van der Waals surface area contributed by atoms with E-state index in [1.54, 1.807) is 61.8 Å². The SMILES string of the molecule is Cc1ccc2c(NS(=O)(=O)CCC(F)(F)F)cccc2c1Oc1ncccc1-c1ccnc(N[C@H]2CCCN(C(=O)O)C2)n1. The molecule has 1 aliphatic heterocycles. The number of hydrogen-bond acceptors (Lipinski definition) is 8. The van der Waals surface area contributed by atoms with E-state index >= 15 is 0 Å². The molecule has 0 spiro atoms. The van der Waals surface area contributed by atoms with Crippen LogP contribution in [0, 0.1) is 6.92 Å². The van der Waals surface area contributed by atoms with Gasteiger partial charge in [0.2, 0.25) is 21.9 Å². The molecule has 0 aliphatic carbocycles. The molecule has 1 saturated heterocycles. The molecule has 0 unspecified atom stereocenters. The van der Waals surface area contributed by atoms with Crippen LogP contribution in [0.2, 0.25) is 0 Å². The Balaban J connectivity index is 1.42. The second kappa shape index (κ2) is 12.5. The van der Waals surface area contributed by atoms with Gasteiger partial charge in [0.15, 0.2) is 0 Å². The van der Waals surface area contributed by atoms with Gasteiger partial charge in [0, 0.05) is 42.3 Å². The van der Waals surface area contributed by atoms with E-state index in [9.17, 15) is 31.5 Å². The molecule has 15 heteroatoms. The minimum atomic E-state index is -4.61. The predicted molar refractivity (Wildman–Crippen MR) is 158 cm³/mol. The van der Waals surface area contributed by atoms with Gasteiger partial charge in [-0.3, -0.25) is 4.72 Å². The summed E-state index contributed by atoms with van der Waals surface area (Å²) in [6.07, 6.45) is -2.46. The molecule has 3 heterocycles. The Hall–Kier alpha value is -4.66. The third kappa shape index (κ3) is 7.45. The number of carboxylic acid groups (broad SMARTS) is 1. The van der Waals surface area contributed by atoms with Crippen LogP contribution in [-0.2, 0) is 10.0 Å². The number of likely N-dealkylation sites (tertiary alicyclic amines) is 1. The van der Waals surface area contributed by atoms with Crippen molar-refractivity contribution in [2.45, 2.75) is 38.4 Å². The van der Waals surface area contributed by atoms with Gasteiger partial charge in [-0.1, -0.05) is 24.3 Å². The highest BCUT2D eigenvalue weighted by Crippen LogP contribution is 2.39. The van der Waals surface area contributed by atoms with Gasteiger partial charge in [-0.05, 0) is 49.6 Å². The number of pyridine rings is 1. The standard InChI is InChI=1S/C29H29F3N6O5S/c1-18-9-10-20-21(6-2-8-24(20)37-44(41,42)16-12-29(30,31)32)25(18)43-26-22(7-3-13-33-26)23-11-14-34-27(36-23)35-19-5-4-15-38(17-19)28(39)40/h2-3,6-11,13-14,19,37H,4-5,12,15-17H2,1H3,(H,39,40)(H,34,35,36)/t19-/m0/s1. The van der Waals surface area contributed by atoms with E-state index < -0.39 is 34.5 Å². The first-order valence-corrected chi connectivity index (χ1v) is 15.3.